The number of fused-ring (bicyclic) bond motifs is 1. The first-order valence-electron chi connectivity index (χ1n) is 7.41. The lowest BCUT2D eigenvalue weighted by atomic mass is 9.99. The smallest absolute Gasteiger partial charge is 0.0955 e. The van der Waals surface area contributed by atoms with Gasteiger partial charge in [-0.3, -0.25) is 0 Å². The molecular formula is C16H25N3O. The van der Waals surface area contributed by atoms with Crippen LogP contribution < -0.4 is 5.32 Å². The van der Waals surface area contributed by atoms with Crippen molar-refractivity contribution >= 4 is 11.0 Å². The highest BCUT2D eigenvalue weighted by atomic mass is 16.3. The van der Waals surface area contributed by atoms with E-state index in [1.165, 1.54) is 0 Å². The van der Waals surface area contributed by atoms with Crippen LogP contribution in [0.5, 0.6) is 0 Å². The number of aryl methyl sites for hydroxylation is 1. The van der Waals surface area contributed by atoms with Crippen LogP contribution in [0.25, 0.3) is 11.0 Å². The number of benzene rings is 1. The minimum Gasteiger partial charge on any atom is -0.387 e. The van der Waals surface area contributed by atoms with Gasteiger partial charge >= 0.3 is 0 Å². The monoisotopic (exact) mass is 275 g/mol. The van der Waals surface area contributed by atoms with Crippen molar-refractivity contribution < 1.29 is 5.11 Å². The van der Waals surface area contributed by atoms with Crippen molar-refractivity contribution in [2.45, 2.75) is 51.8 Å². The fourth-order valence-electron chi connectivity index (χ4n) is 2.48. The maximum Gasteiger partial charge on any atom is 0.0955 e. The van der Waals surface area contributed by atoms with E-state index >= 15 is 0 Å². The summed E-state index contributed by atoms with van der Waals surface area (Å²) in [5.41, 5.74) is 2.95. The fraction of sp³-hybridized carbons (Fsp3) is 0.562. The van der Waals surface area contributed by atoms with Crippen molar-refractivity contribution in [3.63, 3.8) is 0 Å². The van der Waals surface area contributed by atoms with Crippen LogP contribution >= 0.6 is 0 Å². The van der Waals surface area contributed by atoms with E-state index in [1.807, 2.05) is 29.8 Å². The highest BCUT2D eigenvalue weighted by Gasteiger charge is 2.21. The molecule has 3 unspecified atom stereocenters. The van der Waals surface area contributed by atoms with E-state index in [-0.39, 0.29) is 6.04 Å². The van der Waals surface area contributed by atoms with E-state index in [0.29, 0.717) is 6.04 Å². The molecule has 0 aliphatic carbocycles. The molecule has 2 aromatic rings. The Labute approximate surface area is 120 Å². The number of aliphatic hydroxyl groups excluding tert-OH is 1. The van der Waals surface area contributed by atoms with Crippen molar-refractivity contribution in [3.8, 4) is 0 Å². The number of imidazole rings is 1. The molecule has 1 aromatic carbocycles. The zero-order valence-electron chi connectivity index (χ0n) is 12.8. The summed E-state index contributed by atoms with van der Waals surface area (Å²) < 4.78 is 1.99. The van der Waals surface area contributed by atoms with E-state index in [0.717, 1.165) is 29.4 Å². The third kappa shape index (κ3) is 3.02. The van der Waals surface area contributed by atoms with Gasteiger partial charge in [-0.1, -0.05) is 19.9 Å². The molecule has 1 heterocycles. The second kappa shape index (κ2) is 6.37. The first kappa shape index (κ1) is 15.0. The summed E-state index contributed by atoms with van der Waals surface area (Å²) in [6.07, 6.45) is 3.25. The molecular weight excluding hydrogens is 250 g/mol. The Morgan fingerprint density at radius 2 is 2.05 bits per heavy atom. The lowest BCUT2D eigenvalue weighted by Gasteiger charge is -2.26. The Morgan fingerprint density at radius 3 is 2.70 bits per heavy atom. The summed E-state index contributed by atoms with van der Waals surface area (Å²) in [6.45, 7) is 6.40. The third-order valence-electron chi connectivity index (χ3n) is 4.02. The highest BCUT2D eigenvalue weighted by Crippen LogP contribution is 2.23. The van der Waals surface area contributed by atoms with Crippen molar-refractivity contribution in [2.24, 2.45) is 7.05 Å². The van der Waals surface area contributed by atoms with Gasteiger partial charge in [-0.15, -0.1) is 0 Å². The normalized spacial score (nSPS) is 16.2. The zero-order valence-corrected chi connectivity index (χ0v) is 12.8. The zero-order chi connectivity index (χ0) is 14.7. The number of nitrogens with zero attached hydrogens (tertiary/aromatic N) is 2. The van der Waals surface area contributed by atoms with E-state index in [9.17, 15) is 5.11 Å². The largest absolute Gasteiger partial charge is 0.387 e. The number of aromatic nitrogens is 2. The van der Waals surface area contributed by atoms with Gasteiger partial charge in [0.1, 0.15) is 0 Å². The molecule has 1 aromatic heterocycles. The van der Waals surface area contributed by atoms with Crippen molar-refractivity contribution in [2.75, 3.05) is 0 Å². The minimum atomic E-state index is -0.500. The van der Waals surface area contributed by atoms with Crippen LogP contribution in [0, 0.1) is 0 Å². The Kier molecular flexibility index (Phi) is 4.78. The molecule has 0 fully saturated rings. The first-order chi connectivity index (χ1) is 9.56. The van der Waals surface area contributed by atoms with Gasteiger partial charge in [0.15, 0.2) is 0 Å². The van der Waals surface area contributed by atoms with Gasteiger partial charge in [0.25, 0.3) is 0 Å². The Balaban J connectivity index is 2.22. The average molecular weight is 275 g/mol. The van der Waals surface area contributed by atoms with Gasteiger partial charge in [-0.05, 0) is 37.5 Å². The molecule has 3 atom stereocenters. The quantitative estimate of drug-likeness (QED) is 0.852. The van der Waals surface area contributed by atoms with Crippen LogP contribution in [0.4, 0.5) is 0 Å². The fourth-order valence-corrected chi connectivity index (χ4v) is 2.48. The maximum absolute atomic E-state index is 10.6. The molecule has 4 nitrogen and oxygen atoms in total. The Morgan fingerprint density at radius 1 is 1.30 bits per heavy atom. The Hall–Kier alpha value is -1.39. The topological polar surface area (TPSA) is 50.1 Å². The van der Waals surface area contributed by atoms with Gasteiger partial charge in [0, 0.05) is 19.1 Å². The van der Waals surface area contributed by atoms with Crippen LogP contribution in [0.1, 0.15) is 45.3 Å². The number of nitrogens with one attached hydrogen (secondary N) is 1. The molecule has 110 valence electrons. The van der Waals surface area contributed by atoms with Gasteiger partial charge in [0.05, 0.1) is 23.5 Å². The van der Waals surface area contributed by atoms with Crippen LogP contribution in [0.15, 0.2) is 24.5 Å². The minimum absolute atomic E-state index is 0.0751. The van der Waals surface area contributed by atoms with Gasteiger partial charge in [-0.2, -0.15) is 0 Å². The number of aliphatic hydroxyl groups is 1. The van der Waals surface area contributed by atoms with Gasteiger partial charge in [0.2, 0.25) is 0 Å². The van der Waals surface area contributed by atoms with E-state index < -0.39 is 6.10 Å². The van der Waals surface area contributed by atoms with Crippen molar-refractivity contribution in [1.29, 1.82) is 0 Å². The number of hydrogen-bond acceptors (Lipinski definition) is 3. The maximum atomic E-state index is 10.6. The van der Waals surface area contributed by atoms with Gasteiger partial charge in [-0.25, -0.2) is 4.98 Å². The van der Waals surface area contributed by atoms with Crippen LogP contribution in [0.2, 0.25) is 0 Å². The van der Waals surface area contributed by atoms with Gasteiger partial charge < -0.3 is 15.0 Å². The third-order valence-corrected chi connectivity index (χ3v) is 4.02. The molecule has 20 heavy (non-hydrogen) atoms. The van der Waals surface area contributed by atoms with E-state index in [4.69, 9.17) is 0 Å². The lowest BCUT2D eigenvalue weighted by molar-refractivity contribution is 0.120. The number of hydrogen-bond donors (Lipinski definition) is 2. The average Bonchev–Trinajstić information content (AvgIpc) is 2.84. The summed E-state index contributed by atoms with van der Waals surface area (Å²) >= 11 is 0. The SMILES string of the molecule is CCC(C)NC(CC)C(O)c1ccc2c(c1)ncn2C. The molecule has 0 radical (unpaired) electrons. The predicted octanol–water partition coefficient (Wildman–Crippen LogP) is 2.77. The molecule has 0 amide bonds. The molecule has 4 heteroatoms. The number of rotatable bonds is 6. The van der Waals surface area contributed by atoms with E-state index in [1.54, 1.807) is 6.33 Å². The van der Waals surface area contributed by atoms with Crippen LogP contribution in [-0.2, 0) is 7.05 Å². The molecule has 0 spiro atoms. The second-order valence-corrected chi connectivity index (χ2v) is 5.54. The highest BCUT2D eigenvalue weighted by molar-refractivity contribution is 5.76. The second-order valence-electron chi connectivity index (χ2n) is 5.54. The van der Waals surface area contributed by atoms with Crippen LogP contribution in [-0.4, -0.2) is 26.7 Å². The Bertz CT molecular complexity index is 564. The molecule has 0 saturated heterocycles. The molecule has 2 N–H and O–H groups in total. The summed E-state index contributed by atoms with van der Waals surface area (Å²) in [6, 6.07) is 6.49. The van der Waals surface area contributed by atoms with Crippen molar-refractivity contribution in [1.82, 2.24) is 14.9 Å². The van der Waals surface area contributed by atoms with Crippen molar-refractivity contribution in [3.05, 3.63) is 30.1 Å². The summed E-state index contributed by atoms with van der Waals surface area (Å²) in [4.78, 5) is 4.36. The first-order valence-corrected chi connectivity index (χ1v) is 7.41. The summed E-state index contributed by atoms with van der Waals surface area (Å²) in [7, 11) is 1.98. The molecule has 0 aliphatic heterocycles. The van der Waals surface area contributed by atoms with Crippen LogP contribution in [0.3, 0.4) is 0 Å². The molecule has 0 saturated carbocycles. The lowest BCUT2D eigenvalue weighted by Crippen LogP contribution is -2.40. The predicted molar refractivity (Wildman–Crippen MR) is 82.6 cm³/mol. The van der Waals surface area contributed by atoms with E-state index in [2.05, 4.69) is 31.1 Å². The molecule has 0 aliphatic rings. The summed E-state index contributed by atoms with van der Waals surface area (Å²) in [5.74, 6) is 0. The molecule has 0 bridgehead atoms. The molecule has 2 rings (SSSR count). The standard InChI is InChI=1S/C16H25N3O/c1-5-11(3)18-13(6-2)16(20)12-7-8-15-14(9-12)17-10-19(15)4/h7-11,13,16,18,20H,5-6H2,1-4H3. The summed E-state index contributed by atoms with van der Waals surface area (Å²) in [5, 5.41) is 14.1.